The van der Waals surface area contributed by atoms with Gasteiger partial charge in [-0.15, -0.1) is 0 Å². The second kappa shape index (κ2) is 6.62. The van der Waals surface area contributed by atoms with Gasteiger partial charge >= 0.3 is 11.7 Å². The predicted molar refractivity (Wildman–Crippen MR) is 59.7 cm³/mol. The van der Waals surface area contributed by atoms with E-state index < -0.39 is 10.9 Å². The van der Waals surface area contributed by atoms with E-state index in [0.29, 0.717) is 0 Å². The SMILES string of the molecule is CCCCCCOC(=O)c1[nH]ncc1[N+](=O)[O-]. The Morgan fingerprint density at radius 3 is 2.94 bits per heavy atom. The number of H-pyrrole nitrogens is 1. The molecule has 0 aromatic carbocycles. The zero-order valence-electron chi connectivity index (χ0n) is 9.64. The number of hydrogen-bond donors (Lipinski definition) is 1. The second-order valence-corrected chi connectivity index (χ2v) is 3.58. The van der Waals surface area contributed by atoms with Crippen molar-refractivity contribution < 1.29 is 14.5 Å². The molecule has 7 heteroatoms. The third kappa shape index (κ3) is 3.86. The van der Waals surface area contributed by atoms with E-state index in [1.165, 1.54) is 0 Å². The zero-order chi connectivity index (χ0) is 12.7. The molecule has 7 nitrogen and oxygen atoms in total. The molecule has 0 saturated carbocycles. The summed E-state index contributed by atoms with van der Waals surface area (Å²) < 4.78 is 4.91. The van der Waals surface area contributed by atoms with E-state index in [0.717, 1.165) is 31.9 Å². The highest BCUT2D eigenvalue weighted by molar-refractivity contribution is 5.91. The number of carbonyl (C=O) groups excluding carboxylic acids is 1. The van der Waals surface area contributed by atoms with Gasteiger partial charge in [0, 0.05) is 0 Å². The van der Waals surface area contributed by atoms with Crippen molar-refractivity contribution in [2.45, 2.75) is 32.6 Å². The molecule has 0 bridgehead atoms. The third-order valence-electron chi connectivity index (χ3n) is 2.25. The summed E-state index contributed by atoms with van der Waals surface area (Å²) in [5, 5.41) is 16.3. The van der Waals surface area contributed by atoms with E-state index in [4.69, 9.17) is 4.74 Å². The lowest BCUT2D eigenvalue weighted by Gasteiger charge is -2.02. The number of aromatic nitrogens is 2. The Hall–Kier alpha value is -1.92. The highest BCUT2D eigenvalue weighted by atomic mass is 16.6. The average Bonchev–Trinajstić information content (AvgIpc) is 2.77. The fourth-order valence-electron chi connectivity index (χ4n) is 1.33. The zero-order valence-corrected chi connectivity index (χ0v) is 9.64. The van der Waals surface area contributed by atoms with E-state index in [1.807, 2.05) is 0 Å². The average molecular weight is 241 g/mol. The third-order valence-corrected chi connectivity index (χ3v) is 2.25. The van der Waals surface area contributed by atoms with Gasteiger partial charge in [0.2, 0.25) is 5.69 Å². The maximum atomic E-state index is 11.5. The van der Waals surface area contributed by atoms with Gasteiger partial charge in [-0.2, -0.15) is 5.10 Å². The van der Waals surface area contributed by atoms with Gasteiger partial charge in [0.25, 0.3) is 0 Å². The van der Waals surface area contributed by atoms with Crippen LogP contribution in [-0.2, 0) is 4.74 Å². The first kappa shape index (κ1) is 13.1. The van der Waals surface area contributed by atoms with Crippen molar-refractivity contribution in [2.24, 2.45) is 0 Å². The first-order valence-electron chi connectivity index (χ1n) is 5.51. The van der Waals surface area contributed by atoms with Gasteiger partial charge in [-0.05, 0) is 6.42 Å². The molecule has 0 aliphatic carbocycles. The Balaban J connectivity index is 2.42. The Kier molecular flexibility index (Phi) is 5.12. The van der Waals surface area contributed by atoms with E-state index >= 15 is 0 Å². The molecule has 1 heterocycles. The minimum Gasteiger partial charge on any atom is -0.461 e. The van der Waals surface area contributed by atoms with E-state index in [2.05, 4.69) is 17.1 Å². The summed E-state index contributed by atoms with van der Waals surface area (Å²) in [6.45, 7) is 2.36. The Morgan fingerprint density at radius 1 is 1.53 bits per heavy atom. The first-order valence-corrected chi connectivity index (χ1v) is 5.51. The summed E-state index contributed by atoms with van der Waals surface area (Å²) in [6.07, 6.45) is 4.92. The molecule has 0 aliphatic rings. The lowest BCUT2D eigenvalue weighted by atomic mass is 10.2. The van der Waals surface area contributed by atoms with Crippen LogP contribution in [0.25, 0.3) is 0 Å². The van der Waals surface area contributed by atoms with Crippen LogP contribution in [0.5, 0.6) is 0 Å². The number of carbonyl (C=O) groups is 1. The monoisotopic (exact) mass is 241 g/mol. The van der Waals surface area contributed by atoms with Crippen LogP contribution in [0.3, 0.4) is 0 Å². The molecule has 1 N–H and O–H groups in total. The molecule has 0 aliphatic heterocycles. The number of nitro groups is 1. The van der Waals surface area contributed by atoms with Gasteiger partial charge in [-0.1, -0.05) is 26.2 Å². The maximum Gasteiger partial charge on any atom is 0.363 e. The van der Waals surface area contributed by atoms with Crippen LogP contribution >= 0.6 is 0 Å². The molecule has 0 spiro atoms. The summed E-state index contributed by atoms with van der Waals surface area (Å²) >= 11 is 0. The number of nitrogens with zero attached hydrogens (tertiary/aromatic N) is 2. The first-order chi connectivity index (χ1) is 8.16. The van der Waals surface area contributed by atoms with Crippen LogP contribution in [0.15, 0.2) is 6.20 Å². The van der Waals surface area contributed by atoms with Crippen LogP contribution in [0.1, 0.15) is 43.1 Å². The number of aromatic amines is 1. The van der Waals surface area contributed by atoms with Crippen molar-refractivity contribution in [1.82, 2.24) is 10.2 Å². The fourth-order valence-corrected chi connectivity index (χ4v) is 1.33. The minimum atomic E-state index is -0.731. The van der Waals surface area contributed by atoms with Gasteiger partial charge < -0.3 is 4.74 Å². The molecule has 1 rings (SSSR count). The maximum absolute atomic E-state index is 11.5. The highest BCUT2D eigenvalue weighted by Crippen LogP contribution is 2.15. The molecule has 0 atom stereocenters. The van der Waals surface area contributed by atoms with Gasteiger partial charge in [0.05, 0.1) is 11.5 Å². The number of hydrogen-bond acceptors (Lipinski definition) is 5. The Labute approximate surface area is 98.3 Å². The number of nitrogens with one attached hydrogen (secondary N) is 1. The Morgan fingerprint density at radius 2 is 2.29 bits per heavy atom. The Bertz CT molecular complexity index is 389. The topological polar surface area (TPSA) is 98.1 Å². The van der Waals surface area contributed by atoms with Crippen molar-refractivity contribution in [3.63, 3.8) is 0 Å². The van der Waals surface area contributed by atoms with Crippen molar-refractivity contribution in [3.8, 4) is 0 Å². The lowest BCUT2D eigenvalue weighted by Crippen LogP contribution is -2.09. The smallest absolute Gasteiger partial charge is 0.363 e. The van der Waals surface area contributed by atoms with Gasteiger partial charge in [-0.25, -0.2) is 4.79 Å². The molecule has 1 aromatic heterocycles. The van der Waals surface area contributed by atoms with Gasteiger partial charge in [-0.3, -0.25) is 15.2 Å². The van der Waals surface area contributed by atoms with Crippen molar-refractivity contribution in [1.29, 1.82) is 0 Å². The summed E-state index contributed by atoms with van der Waals surface area (Å²) in [7, 11) is 0. The number of esters is 1. The number of rotatable bonds is 7. The summed E-state index contributed by atoms with van der Waals surface area (Å²) in [5.41, 5.74) is -0.561. The molecule has 94 valence electrons. The van der Waals surface area contributed by atoms with Crippen LogP contribution in [0.4, 0.5) is 5.69 Å². The van der Waals surface area contributed by atoms with Crippen molar-refractivity contribution in [3.05, 3.63) is 22.0 Å². The minimum absolute atomic E-state index is 0.203. The molecule has 1 aromatic rings. The standard InChI is InChI=1S/C10H15N3O4/c1-2-3-4-5-6-17-10(14)9-8(13(15)16)7-11-12-9/h7H,2-6H2,1H3,(H,11,12). The normalized spacial score (nSPS) is 10.2. The lowest BCUT2D eigenvalue weighted by molar-refractivity contribution is -0.385. The molecule has 0 saturated heterocycles. The molecule has 0 fully saturated rings. The predicted octanol–water partition coefficient (Wildman–Crippen LogP) is 2.05. The second-order valence-electron chi connectivity index (χ2n) is 3.58. The fraction of sp³-hybridized carbons (Fsp3) is 0.600. The summed E-state index contributed by atoms with van der Waals surface area (Å²) in [6, 6.07) is 0. The molecule has 0 unspecified atom stereocenters. The van der Waals surface area contributed by atoms with Gasteiger partial charge in [0.1, 0.15) is 6.20 Å². The van der Waals surface area contributed by atoms with Crippen molar-refractivity contribution >= 4 is 11.7 Å². The molecule has 0 radical (unpaired) electrons. The van der Waals surface area contributed by atoms with Crippen LogP contribution in [0, 0.1) is 10.1 Å². The molecular weight excluding hydrogens is 226 g/mol. The number of unbranched alkanes of at least 4 members (excludes halogenated alkanes) is 3. The van der Waals surface area contributed by atoms with Crippen molar-refractivity contribution in [2.75, 3.05) is 6.61 Å². The largest absolute Gasteiger partial charge is 0.461 e. The molecule has 17 heavy (non-hydrogen) atoms. The summed E-state index contributed by atoms with van der Waals surface area (Å²) in [5.74, 6) is -0.731. The van der Waals surface area contributed by atoms with Crippen LogP contribution < -0.4 is 0 Å². The number of ether oxygens (including phenoxy) is 1. The molecular formula is C10H15N3O4. The van der Waals surface area contributed by atoms with Gasteiger partial charge in [0.15, 0.2) is 0 Å². The van der Waals surface area contributed by atoms with Crippen LogP contribution in [-0.4, -0.2) is 27.7 Å². The van der Waals surface area contributed by atoms with E-state index in [1.54, 1.807) is 0 Å². The van der Waals surface area contributed by atoms with E-state index in [9.17, 15) is 14.9 Å². The summed E-state index contributed by atoms with van der Waals surface area (Å²) in [4.78, 5) is 21.3. The van der Waals surface area contributed by atoms with Crippen LogP contribution in [0.2, 0.25) is 0 Å². The molecule has 0 amide bonds. The highest BCUT2D eigenvalue weighted by Gasteiger charge is 2.23. The quantitative estimate of drug-likeness (QED) is 0.341. The van der Waals surface area contributed by atoms with E-state index in [-0.39, 0.29) is 18.0 Å².